The van der Waals surface area contributed by atoms with Crippen LogP contribution in [-0.4, -0.2) is 51.1 Å². The number of amides is 1. The standard InChI is InChI=1S/C28H25F2N7O2/c29-22-5-3-19(12-23(22)30)16-37-17-32-14-21(28(37)39)27(38)33-9-1-2-18-4-6-24-25(13-18)36-26(15-34-24)35-20-7-10-31-11-8-20/h3-6,12-15,17,20,31H,7-11,16H2,(H,33,38)(H,35,36). The lowest BCUT2D eigenvalue weighted by molar-refractivity contribution is 0.0956. The van der Waals surface area contributed by atoms with Gasteiger partial charge >= 0.3 is 0 Å². The third kappa shape index (κ3) is 6.42. The van der Waals surface area contributed by atoms with Crippen molar-refractivity contribution in [3.8, 4) is 11.8 Å². The smallest absolute Gasteiger partial charge is 0.266 e. The van der Waals surface area contributed by atoms with Gasteiger partial charge in [0.2, 0.25) is 0 Å². The molecule has 5 rings (SSSR count). The number of carbonyl (C=O) groups is 1. The SMILES string of the molecule is O=C(NCC#Cc1ccc2ncc(NC3CCNCC3)nc2c1)c1cncn(Cc2ccc(F)c(F)c2)c1=O. The van der Waals surface area contributed by atoms with Crippen molar-refractivity contribution in [2.24, 2.45) is 0 Å². The first-order valence-corrected chi connectivity index (χ1v) is 12.5. The summed E-state index contributed by atoms with van der Waals surface area (Å²) in [5.41, 5.74) is 1.73. The summed E-state index contributed by atoms with van der Waals surface area (Å²) in [6, 6.07) is 9.19. The molecule has 0 bridgehead atoms. The Labute approximate surface area is 222 Å². The Morgan fingerprint density at radius 1 is 1.08 bits per heavy atom. The van der Waals surface area contributed by atoms with Crippen molar-refractivity contribution in [1.82, 2.24) is 30.2 Å². The van der Waals surface area contributed by atoms with E-state index in [1.165, 1.54) is 12.4 Å². The number of piperidine rings is 1. The number of aromatic nitrogens is 4. The molecule has 1 amide bonds. The number of carbonyl (C=O) groups excluding carboxylic acids is 1. The maximum atomic E-state index is 13.5. The van der Waals surface area contributed by atoms with E-state index >= 15 is 0 Å². The Hall–Kier alpha value is -4.69. The minimum Gasteiger partial charge on any atom is -0.366 e. The number of fused-ring (bicyclic) bond motifs is 1. The summed E-state index contributed by atoms with van der Waals surface area (Å²) in [4.78, 5) is 38.4. The van der Waals surface area contributed by atoms with Crippen molar-refractivity contribution >= 4 is 22.8 Å². The van der Waals surface area contributed by atoms with Gasteiger partial charge in [-0.3, -0.25) is 19.1 Å². The largest absolute Gasteiger partial charge is 0.366 e. The molecule has 3 N–H and O–H groups in total. The summed E-state index contributed by atoms with van der Waals surface area (Å²) in [6.45, 7) is 1.88. The molecule has 0 aliphatic carbocycles. The highest BCUT2D eigenvalue weighted by atomic mass is 19.2. The van der Waals surface area contributed by atoms with Crippen molar-refractivity contribution < 1.29 is 13.6 Å². The van der Waals surface area contributed by atoms with E-state index in [2.05, 4.69) is 42.7 Å². The second kappa shape index (κ2) is 11.8. The average Bonchev–Trinajstić information content (AvgIpc) is 2.94. The first kappa shape index (κ1) is 25.9. The monoisotopic (exact) mass is 529 g/mol. The molecule has 1 fully saturated rings. The van der Waals surface area contributed by atoms with E-state index in [0.29, 0.717) is 22.7 Å². The summed E-state index contributed by atoms with van der Waals surface area (Å²) >= 11 is 0. The normalized spacial score (nSPS) is 13.5. The fraction of sp³-hybridized carbons (Fsp3) is 0.250. The zero-order chi connectivity index (χ0) is 27.2. The van der Waals surface area contributed by atoms with Crippen LogP contribution in [-0.2, 0) is 6.54 Å². The van der Waals surface area contributed by atoms with Crippen LogP contribution in [0.4, 0.5) is 14.6 Å². The van der Waals surface area contributed by atoms with Crippen molar-refractivity contribution in [1.29, 1.82) is 0 Å². The Morgan fingerprint density at radius 3 is 2.74 bits per heavy atom. The Morgan fingerprint density at radius 2 is 1.92 bits per heavy atom. The molecular weight excluding hydrogens is 504 g/mol. The number of rotatable bonds is 6. The maximum absolute atomic E-state index is 13.5. The second-order valence-electron chi connectivity index (χ2n) is 9.10. The van der Waals surface area contributed by atoms with E-state index in [9.17, 15) is 18.4 Å². The van der Waals surface area contributed by atoms with Crippen LogP contribution in [0.2, 0.25) is 0 Å². The van der Waals surface area contributed by atoms with Gasteiger partial charge in [0.25, 0.3) is 11.5 Å². The molecule has 3 heterocycles. The molecule has 1 saturated heterocycles. The first-order valence-electron chi connectivity index (χ1n) is 12.5. The van der Waals surface area contributed by atoms with E-state index in [-0.39, 0.29) is 18.7 Å². The number of anilines is 1. The van der Waals surface area contributed by atoms with E-state index in [4.69, 9.17) is 0 Å². The van der Waals surface area contributed by atoms with Gasteiger partial charge in [0, 0.05) is 17.8 Å². The highest BCUT2D eigenvalue weighted by Crippen LogP contribution is 2.16. The molecule has 0 unspecified atom stereocenters. The summed E-state index contributed by atoms with van der Waals surface area (Å²) in [6.07, 6.45) is 6.17. The summed E-state index contributed by atoms with van der Waals surface area (Å²) < 4.78 is 27.8. The minimum atomic E-state index is -1.02. The molecule has 1 aliphatic rings. The van der Waals surface area contributed by atoms with Crippen LogP contribution in [0.3, 0.4) is 0 Å². The van der Waals surface area contributed by atoms with Crippen molar-refractivity contribution in [3.63, 3.8) is 0 Å². The van der Waals surface area contributed by atoms with Gasteiger partial charge in [0.05, 0.1) is 36.6 Å². The Kier molecular flexibility index (Phi) is 7.84. The van der Waals surface area contributed by atoms with E-state index in [1.54, 1.807) is 6.20 Å². The van der Waals surface area contributed by atoms with Gasteiger partial charge in [-0.25, -0.2) is 18.7 Å². The van der Waals surface area contributed by atoms with Crippen LogP contribution in [0.5, 0.6) is 0 Å². The highest BCUT2D eigenvalue weighted by molar-refractivity contribution is 5.93. The van der Waals surface area contributed by atoms with Gasteiger partial charge in [-0.05, 0) is 61.8 Å². The molecular formula is C28H25F2N7O2. The quantitative estimate of drug-likeness (QED) is 0.329. The number of halogens is 2. The minimum absolute atomic E-state index is 0.00261. The van der Waals surface area contributed by atoms with E-state index in [1.807, 2.05) is 18.2 Å². The van der Waals surface area contributed by atoms with E-state index in [0.717, 1.165) is 60.2 Å². The van der Waals surface area contributed by atoms with Crippen LogP contribution in [0.15, 0.2) is 59.9 Å². The lowest BCUT2D eigenvalue weighted by Crippen LogP contribution is -2.35. The molecule has 4 aromatic rings. The number of hydrogen-bond donors (Lipinski definition) is 3. The molecule has 39 heavy (non-hydrogen) atoms. The predicted molar refractivity (Wildman–Crippen MR) is 142 cm³/mol. The van der Waals surface area contributed by atoms with Gasteiger partial charge in [0.1, 0.15) is 11.4 Å². The van der Waals surface area contributed by atoms with Crippen LogP contribution in [0, 0.1) is 23.5 Å². The third-order valence-electron chi connectivity index (χ3n) is 6.29. The second-order valence-corrected chi connectivity index (χ2v) is 9.10. The molecule has 0 radical (unpaired) electrons. The Balaban J connectivity index is 1.22. The molecule has 198 valence electrons. The molecule has 2 aromatic heterocycles. The molecule has 1 aliphatic heterocycles. The van der Waals surface area contributed by atoms with Crippen molar-refractivity contribution in [2.45, 2.75) is 25.4 Å². The fourth-order valence-corrected chi connectivity index (χ4v) is 4.25. The van der Waals surface area contributed by atoms with Gasteiger partial charge in [-0.1, -0.05) is 17.9 Å². The fourth-order valence-electron chi connectivity index (χ4n) is 4.25. The predicted octanol–water partition coefficient (Wildman–Crippen LogP) is 2.46. The van der Waals surface area contributed by atoms with Crippen LogP contribution in [0.1, 0.15) is 34.3 Å². The number of nitrogens with zero attached hydrogens (tertiary/aromatic N) is 4. The summed E-state index contributed by atoms with van der Waals surface area (Å²) in [5.74, 6) is 3.94. The average molecular weight is 530 g/mol. The lowest BCUT2D eigenvalue weighted by Gasteiger charge is -2.24. The van der Waals surface area contributed by atoms with Crippen molar-refractivity contribution in [3.05, 3.63) is 93.8 Å². The number of hydrogen-bond acceptors (Lipinski definition) is 7. The Bertz CT molecular complexity index is 1640. The van der Waals surface area contributed by atoms with Crippen LogP contribution >= 0.6 is 0 Å². The third-order valence-corrected chi connectivity index (χ3v) is 6.29. The molecule has 9 nitrogen and oxygen atoms in total. The molecule has 11 heteroatoms. The summed E-state index contributed by atoms with van der Waals surface area (Å²) in [5, 5.41) is 9.37. The molecule has 0 atom stereocenters. The van der Waals surface area contributed by atoms with Gasteiger partial charge < -0.3 is 16.0 Å². The molecule has 0 spiro atoms. The topological polar surface area (TPSA) is 114 Å². The highest BCUT2D eigenvalue weighted by Gasteiger charge is 2.14. The lowest BCUT2D eigenvalue weighted by atomic mass is 10.1. The van der Waals surface area contributed by atoms with Gasteiger partial charge in [0.15, 0.2) is 11.6 Å². The zero-order valence-electron chi connectivity index (χ0n) is 20.9. The number of benzene rings is 2. The zero-order valence-corrected chi connectivity index (χ0v) is 20.9. The van der Waals surface area contributed by atoms with Crippen LogP contribution < -0.4 is 21.5 Å². The van der Waals surface area contributed by atoms with Gasteiger partial charge in [-0.15, -0.1) is 0 Å². The maximum Gasteiger partial charge on any atom is 0.266 e. The van der Waals surface area contributed by atoms with Gasteiger partial charge in [-0.2, -0.15) is 0 Å². The molecule has 0 saturated carbocycles. The first-order chi connectivity index (χ1) is 19.0. The number of nitrogens with one attached hydrogen (secondary N) is 3. The molecule has 2 aromatic carbocycles. The van der Waals surface area contributed by atoms with Crippen LogP contribution in [0.25, 0.3) is 11.0 Å². The van der Waals surface area contributed by atoms with Crippen molar-refractivity contribution in [2.75, 3.05) is 25.0 Å². The van der Waals surface area contributed by atoms with E-state index < -0.39 is 23.1 Å². The summed E-state index contributed by atoms with van der Waals surface area (Å²) in [7, 11) is 0.